The molecular formula is C23H30N2O6. The molecule has 8 heteroatoms. The molecule has 2 amide bonds. The first-order valence-corrected chi connectivity index (χ1v) is 10.00. The van der Waals surface area contributed by atoms with E-state index in [0.717, 1.165) is 6.42 Å². The second-order valence-corrected chi connectivity index (χ2v) is 6.80. The maximum atomic E-state index is 12.9. The summed E-state index contributed by atoms with van der Waals surface area (Å²) in [6, 6.07) is 9.76. The van der Waals surface area contributed by atoms with Crippen LogP contribution in [0.15, 0.2) is 36.4 Å². The number of benzene rings is 2. The third kappa shape index (κ3) is 6.28. The molecule has 0 fully saturated rings. The molecule has 0 heterocycles. The number of hydrogen-bond donors (Lipinski definition) is 2. The molecule has 0 saturated heterocycles. The molecule has 2 aromatic rings. The Balaban J connectivity index is 2.12. The summed E-state index contributed by atoms with van der Waals surface area (Å²) in [6.45, 7) is 2.27. The van der Waals surface area contributed by atoms with Crippen molar-refractivity contribution in [3.63, 3.8) is 0 Å². The summed E-state index contributed by atoms with van der Waals surface area (Å²) in [7, 11) is 6.07. The minimum Gasteiger partial charge on any atom is -0.497 e. The summed E-state index contributed by atoms with van der Waals surface area (Å²) >= 11 is 0. The molecule has 1 unspecified atom stereocenters. The molecule has 0 aliphatic heterocycles. The molecule has 0 spiro atoms. The van der Waals surface area contributed by atoms with Crippen molar-refractivity contribution in [2.45, 2.75) is 25.8 Å². The third-order valence-corrected chi connectivity index (χ3v) is 4.78. The van der Waals surface area contributed by atoms with E-state index in [4.69, 9.17) is 18.9 Å². The SMILES string of the molecule is CCCC(CNC(=O)c1cc(OC)ccc1OC)NC(=O)c1cc(OC)ccc1OC. The van der Waals surface area contributed by atoms with Gasteiger partial charge in [0.25, 0.3) is 11.8 Å². The minimum absolute atomic E-state index is 0.255. The zero-order valence-electron chi connectivity index (χ0n) is 18.6. The van der Waals surface area contributed by atoms with E-state index in [0.29, 0.717) is 40.5 Å². The zero-order chi connectivity index (χ0) is 22.8. The normalized spacial score (nSPS) is 11.3. The van der Waals surface area contributed by atoms with Gasteiger partial charge in [-0.3, -0.25) is 9.59 Å². The highest BCUT2D eigenvalue weighted by molar-refractivity contribution is 5.98. The fourth-order valence-corrected chi connectivity index (χ4v) is 3.13. The quantitative estimate of drug-likeness (QED) is 0.569. The maximum absolute atomic E-state index is 12.9. The van der Waals surface area contributed by atoms with Gasteiger partial charge in [0.2, 0.25) is 0 Å². The van der Waals surface area contributed by atoms with Gasteiger partial charge in [-0.15, -0.1) is 0 Å². The smallest absolute Gasteiger partial charge is 0.255 e. The van der Waals surface area contributed by atoms with E-state index in [-0.39, 0.29) is 24.4 Å². The van der Waals surface area contributed by atoms with Crippen molar-refractivity contribution < 1.29 is 28.5 Å². The van der Waals surface area contributed by atoms with Crippen LogP contribution in [0.3, 0.4) is 0 Å². The van der Waals surface area contributed by atoms with Crippen LogP contribution in [-0.2, 0) is 0 Å². The molecule has 0 aliphatic carbocycles. The van der Waals surface area contributed by atoms with Crippen LogP contribution in [0.4, 0.5) is 0 Å². The van der Waals surface area contributed by atoms with Gasteiger partial charge < -0.3 is 29.6 Å². The van der Waals surface area contributed by atoms with Crippen molar-refractivity contribution in [2.75, 3.05) is 35.0 Å². The van der Waals surface area contributed by atoms with E-state index >= 15 is 0 Å². The lowest BCUT2D eigenvalue weighted by Gasteiger charge is -2.20. The molecule has 2 N–H and O–H groups in total. The van der Waals surface area contributed by atoms with Gasteiger partial charge in [-0.1, -0.05) is 13.3 Å². The highest BCUT2D eigenvalue weighted by Gasteiger charge is 2.20. The van der Waals surface area contributed by atoms with Crippen LogP contribution in [0.1, 0.15) is 40.5 Å². The topological polar surface area (TPSA) is 95.1 Å². The largest absolute Gasteiger partial charge is 0.497 e. The van der Waals surface area contributed by atoms with E-state index in [1.807, 2.05) is 6.92 Å². The standard InChI is InChI=1S/C23H30N2O6/c1-6-7-15(25-23(27)19-13-17(29-3)9-11-21(19)31-5)14-24-22(26)18-12-16(28-2)8-10-20(18)30-4/h8-13,15H,6-7,14H2,1-5H3,(H,24,26)(H,25,27). The average molecular weight is 431 g/mol. The number of methoxy groups -OCH3 is 4. The molecule has 8 nitrogen and oxygen atoms in total. The van der Waals surface area contributed by atoms with E-state index in [9.17, 15) is 9.59 Å². The Morgan fingerprint density at radius 2 is 1.32 bits per heavy atom. The minimum atomic E-state index is -0.315. The second-order valence-electron chi connectivity index (χ2n) is 6.80. The lowest BCUT2D eigenvalue weighted by molar-refractivity contribution is 0.0902. The molecule has 2 aromatic carbocycles. The van der Waals surface area contributed by atoms with Crippen LogP contribution in [0.25, 0.3) is 0 Å². The van der Waals surface area contributed by atoms with E-state index in [1.54, 1.807) is 36.4 Å². The van der Waals surface area contributed by atoms with Gasteiger partial charge in [0, 0.05) is 12.6 Å². The Labute approximate surface area is 182 Å². The molecule has 0 bridgehead atoms. The van der Waals surface area contributed by atoms with Gasteiger partial charge >= 0.3 is 0 Å². The van der Waals surface area contributed by atoms with Crippen molar-refractivity contribution in [3.8, 4) is 23.0 Å². The van der Waals surface area contributed by atoms with Gasteiger partial charge in [0.15, 0.2) is 0 Å². The van der Waals surface area contributed by atoms with Crippen LogP contribution < -0.4 is 29.6 Å². The summed E-state index contributed by atoms with van der Waals surface area (Å²) in [4.78, 5) is 25.6. The number of amides is 2. The number of rotatable bonds is 11. The Morgan fingerprint density at radius 1 is 0.806 bits per heavy atom. The van der Waals surface area contributed by atoms with Gasteiger partial charge in [0.05, 0.1) is 39.6 Å². The lowest BCUT2D eigenvalue weighted by atomic mass is 10.1. The lowest BCUT2D eigenvalue weighted by Crippen LogP contribution is -2.43. The summed E-state index contributed by atoms with van der Waals surface area (Å²) in [5.41, 5.74) is 0.724. The Hall–Kier alpha value is -3.42. The molecule has 2 rings (SSSR count). The Kier molecular flexibility index (Phi) is 8.99. The van der Waals surface area contributed by atoms with Crippen molar-refractivity contribution >= 4 is 11.8 Å². The molecule has 168 valence electrons. The first-order valence-electron chi connectivity index (χ1n) is 10.00. The van der Waals surface area contributed by atoms with Crippen LogP contribution >= 0.6 is 0 Å². The fraction of sp³-hybridized carbons (Fsp3) is 0.391. The van der Waals surface area contributed by atoms with Gasteiger partial charge in [-0.25, -0.2) is 0 Å². The van der Waals surface area contributed by atoms with Gasteiger partial charge in [0.1, 0.15) is 23.0 Å². The van der Waals surface area contributed by atoms with E-state index < -0.39 is 0 Å². The number of carbonyl (C=O) groups is 2. The first kappa shape index (κ1) is 23.9. The number of hydrogen-bond acceptors (Lipinski definition) is 6. The van der Waals surface area contributed by atoms with Crippen LogP contribution in [0, 0.1) is 0 Å². The van der Waals surface area contributed by atoms with E-state index in [2.05, 4.69) is 10.6 Å². The van der Waals surface area contributed by atoms with Crippen molar-refractivity contribution in [1.29, 1.82) is 0 Å². The average Bonchev–Trinajstić information content (AvgIpc) is 2.81. The van der Waals surface area contributed by atoms with Crippen molar-refractivity contribution in [2.24, 2.45) is 0 Å². The summed E-state index contributed by atoms with van der Waals surface area (Å²) < 4.78 is 21.0. The Bertz CT molecular complexity index is 900. The zero-order valence-corrected chi connectivity index (χ0v) is 18.6. The second kappa shape index (κ2) is 11.7. The maximum Gasteiger partial charge on any atom is 0.255 e. The first-order chi connectivity index (χ1) is 15.0. The molecule has 0 aliphatic rings. The summed E-state index contributed by atoms with van der Waals surface area (Å²) in [5.74, 6) is 1.37. The molecule has 0 radical (unpaired) electrons. The number of nitrogens with one attached hydrogen (secondary N) is 2. The highest BCUT2D eigenvalue weighted by atomic mass is 16.5. The predicted octanol–water partition coefficient (Wildman–Crippen LogP) is 3.05. The Morgan fingerprint density at radius 3 is 1.77 bits per heavy atom. The van der Waals surface area contributed by atoms with Crippen molar-refractivity contribution in [1.82, 2.24) is 10.6 Å². The van der Waals surface area contributed by atoms with Gasteiger partial charge in [-0.2, -0.15) is 0 Å². The molecule has 0 aromatic heterocycles. The molecule has 0 saturated carbocycles. The van der Waals surface area contributed by atoms with Crippen molar-refractivity contribution in [3.05, 3.63) is 47.5 Å². The van der Waals surface area contributed by atoms with Gasteiger partial charge in [-0.05, 0) is 42.8 Å². The highest BCUT2D eigenvalue weighted by Crippen LogP contribution is 2.25. The molecule has 31 heavy (non-hydrogen) atoms. The molecule has 1 atom stereocenters. The number of ether oxygens (including phenoxy) is 4. The van der Waals surface area contributed by atoms with E-state index in [1.165, 1.54) is 28.4 Å². The van der Waals surface area contributed by atoms with Crippen LogP contribution in [0.5, 0.6) is 23.0 Å². The summed E-state index contributed by atoms with van der Waals surface area (Å²) in [5, 5.41) is 5.85. The fourth-order valence-electron chi connectivity index (χ4n) is 3.13. The monoisotopic (exact) mass is 430 g/mol. The third-order valence-electron chi connectivity index (χ3n) is 4.78. The number of carbonyl (C=O) groups excluding carboxylic acids is 2. The van der Waals surface area contributed by atoms with Crippen LogP contribution in [0.2, 0.25) is 0 Å². The van der Waals surface area contributed by atoms with Crippen LogP contribution in [-0.4, -0.2) is 52.8 Å². The molecular weight excluding hydrogens is 400 g/mol. The predicted molar refractivity (Wildman–Crippen MR) is 118 cm³/mol. The summed E-state index contributed by atoms with van der Waals surface area (Å²) in [6.07, 6.45) is 1.52.